The number of hydrogen-bond acceptors (Lipinski definition) is 3. The van der Waals surface area contributed by atoms with E-state index in [-0.39, 0.29) is 5.41 Å². The van der Waals surface area contributed by atoms with Gasteiger partial charge < -0.3 is 15.6 Å². The van der Waals surface area contributed by atoms with Crippen LogP contribution >= 0.6 is 0 Å². The van der Waals surface area contributed by atoms with Crippen molar-refractivity contribution in [1.82, 2.24) is 0 Å². The highest BCUT2D eigenvalue weighted by Crippen LogP contribution is 2.53. The number of ether oxygens (including phenoxy) is 1. The summed E-state index contributed by atoms with van der Waals surface area (Å²) in [5.41, 5.74) is 4.82. The lowest BCUT2D eigenvalue weighted by atomic mass is 9.86. The fourth-order valence-corrected chi connectivity index (χ4v) is 1.57. The molecule has 1 aliphatic carbocycles. The minimum absolute atomic E-state index is 0.0534. The minimum Gasteiger partial charge on any atom is -0.387 e. The van der Waals surface area contributed by atoms with E-state index in [1.165, 1.54) is 0 Å². The van der Waals surface area contributed by atoms with Crippen LogP contribution in [-0.4, -0.2) is 30.5 Å². The van der Waals surface area contributed by atoms with Crippen LogP contribution in [0.3, 0.4) is 0 Å². The number of rotatable bonds is 5. The summed E-state index contributed by atoms with van der Waals surface area (Å²) >= 11 is 0. The van der Waals surface area contributed by atoms with E-state index >= 15 is 0 Å². The fourth-order valence-electron chi connectivity index (χ4n) is 1.57. The lowest BCUT2D eigenvalue weighted by Gasteiger charge is -2.31. The molecule has 0 amide bonds. The molecule has 0 bridgehead atoms. The van der Waals surface area contributed by atoms with E-state index in [9.17, 15) is 5.11 Å². The molecule has 3 nitrogen and oxygen atoms in total. The second kappa shape index (κ2) is 3.32. The molecule has 1 saturated carbocycles. The molecule has 1 unspecified atom stereocenters. The van der Waals surface area contributed by atoms with E-state index < -0.39 is 5.60 Å². The lowest BCUT2D eigenvalue weighted by Crippen LogP contribution is -2.45. The van der Waals surface area contributed by atoms with Gasteiger partial charge in [-0.05, 0) is 26.7 Å². The minimum atomic E-state index is -0.738. The summed E-state index contributed by atoms with van der Waals surface area (Å²) < 4.78 is 5.22. The van der Waals surface area contributed by atoms with Gasteiger partial charge in [0.25, 0.3) is 0 Å². The van der Waals surface area contributed by atoms with Gasteiger partial charge in [-0.2, -0.15) is 0 Å². The van der Waals surface area contributed by atoms with Crippen LogP contribution in [0.5, 0.6) is 0 Å². The van der Waals surface area contributed by atoms with Crippen molar-refractivity contribution in [3.8, 4) is 0 Å². The van der Waals surface area contributed by atoms with Crippen LogP contribution in [0.15, 0.2) is 0 Å². The van der Waals surface area contributed by atoms with Crippen LogP contribution < -0.4 is 5.73 Å². The van der Waals surface area contributed by atoms with Crippen LogP contribution in [0.4, 0.5) is 0 Å². The van der Waals surface area contributed by atoms with Crippen molar-refractivity contribution in [1.29, 1.82) is 0 Å². The van der Waals surface area contributed by atoms with E-state index in [4.69, 9.17) is 10.5 Å². The van der Waals surface area contributed by atoms with Crippen molar-refractivity contribution < 1.29 is 9.84 Å². The third kappa shape index (κ3) is 1.63. The maximum Gasteiger partial charge on any atom is 0.0919 e. The molecule has 3 heteroatoms. The molecular formula is C9H19NO2. The zero-order chi connectivity index (χ0) is 9.24. The molecule has 0 spiro atoms. The highest BCUT2D eigenvalue weighted by Gasteiger charge is 2.55. The predicted octanol–water partition coefficient (Wildman–Crippen LogP) is 0.513. The van der Waals surface area contributed by atoms with Crippen LogP contribution in [0, 0.1) is 5.41 Å². The molecular weight excluding hydrogens is 154 g/mol. The summed E-state index contributed by atoms with van der Waals surface area (Å²) in [5, 5.41) is 10.0. The highest BCUT2D eigenvalue weighted by molar-refractivity contribution is 5.06. The summed E-state index contributed by atoms with van der Waals surface area (Å²) in [4.78, 5) is 0. The van der Waals surface area contributed by atoms with Gasteiger partial charge in [-0.1, -0.05) is 0 Å². The van der Waals surface area contributed by atoms with Crippen LogP contribution in [-0.2, 0) is 4.74 Å². The molecule has 0 aliphatic heterocycles. The lowest BCUT2D eigenvalue weighted by molar-refractivity contribution is -0.0777. The average molecular weight is 173 g/mol. The van der Waals surface area contributed by atoms with Crippen LogP contribution in [0.1, 0.15) is 26.7 Å². The fraction of sp³-hybridized carbons (Fsp3) is 1.00. The SMILES string of the molecule is CCOCC(C)(O)C1(CN)CC1. The molecule has 0 radical (unpaired) electrons. The normalized spacial score (nSPS) is 25.0. The van der Waals surface area contributed by atoms with Gasteiger partial charge in [0.15, 0.2) is 0 Å². The van der Waals surface area contributed by atoms with Gasteiger partial charge in [-0.3, -0.25) is 0 Å². The zero-order valence-electron chi connectivity index (χ0n) is 7.97. The number of aliphatic hydroxyl groups is 1. The van der Waals surface area contributed by atoms with Gasteiger partial charge in [0.05, 0.1) is 12.2 Å². The molecule has 1 rings (SSSR count). The van der Waals surface area contributed by atoms with E-state index in [0.717, 1.165) is 12.8 Å². The quantitative estimate of drug-likeness (QED) is 0.637. The Hall–Kier alpha value is -0.120. The maximum absolute atomic E-state index is 10.0. The largest absolute Gasteiger partial charge is 0.387 e. The standard InChI is InChI=1S/C9H19NO2/c1-3-12-7-8(2,11)9(6-10)4-5-9/h11H,3-7,10H2,1-2H3. The molecule has 0 aromatic carbocycles. The third-order valence-electron chi connectivity index (χ3n) is 2.97. The first-order chi connectivity index (χ1) is 5.58. The van der Waals surface area contributed by atoms with Crippen LogP contribution in [0.25, 0.3) is 0 Å². The van der Waals surface area contributed by atoms with Gasteiger partial charge in [0, 0.05) is 18.6 Å². The second-order valence-corrected chi connectivity index (χ2v) is 3.90. The summed E-state index contributed by atoms with van der Waals surface area (Å²) in [5.74, 6) is 0. The van der Waals surface area contributed by atoms with Crippen molar-refractivity contribution in [2.75, 3.05) is 19.8 Å². The maximum atomic E-state index is 10.0. The molecule has 12 heavy (non-hydrogen) atoms. The van der Waals surface area contributed by atoms with Gasteiger partial charge in [-0.25, -0.2) is 0 Å². The molecule has 72 valence electrons. The van der Waals surface area contributed by atoms with Crippen molar-refractivity contribution in [2.45, 2.75) is 32.3 Å². The Bertz CT molecular complexity index is 153. The molecule has 0 heterocycles. The van der Waals surface area contributed by atoms with Crippen molar-refractivity contribution in [2.24, 2.45) is 11.1 Å². The first kappa shape index (κ1) is 9.96. The van der Waals surface area contributed by atoms with E-state index in [1.807, 2.05) is 13.8 Å². The highest BCUT2D eigenvalue weighted by atomic mass is 16.5. The molecule has 0 aromatic heterocycles. The average Bonchev–Trinajstić information content (AvgIpc) is 2.81. The van der Waals surface area contributed by atoms with Gasteiger partial charge in [0.1, 0.15) is 0 Å². The van der Waals surface area contributed by atoms with Crippen molar-refractivity contribution in [3.05, 3.63) is 0 Å². The monoisotopic (exact) mass is 173 g/mol. The van der Waals surface area contributed by atoms with Gasteiger partial charge >= 0.3 is 0 Å². The van der Waals surface area contributed by atoms with E-state index in [2.05, 4.69) is 0 Å². The first-order valence-corrected chi connectivity index (χ1v) is 4.58. The van der Waals surface area contributed by atoms with Crippen molar-refractivity contribution >= 4 is 0 Å². The van der Waals surface area contributed by atoms with E-state index in [0.29, 0.717) is 19.8 Å². The first-order valence-electron chi connectivity index (χ1n) is 4.58. The Kier molecular flexibility index (Phi) is 2.76. The Labute approximate surface area is 73.9 Å². The number of hydrogen-bond donors (Lipinski definition) is 2. The summed E-state index contributed by atoms with van der Waals surface area (Å²) in [6.07, 6.45) is 2.06. The summed E-state index contributed by atoms with van der Waals surface area (Å²) in [6.45, 7) is 5.37. The molecule has 0 saturated heterocycles. The predicted molar refractivity (Wildman–Crippen MR) is 47.8 cm³/mol. The van der Waals surface area contributed by atoms with Gasteiger partial charge in [-0.15, -0.1) is 0 Å². The topological polar surface area (TPSA) is 55.5 Å². The summed E-state index contributed by atoms with van der Waals surface area (Å²) in [7, 11) is 0. The number of nitrogens with two attached hydrogens (primary N) is 1. The molecule has 1 atom stereocenters. The second-order valence-electron chi connectivity index (χ2n) is 3.90. The molecule has 1 aliphatic rings. The third-order valence-corrected chi connectivity index (χ3v) is 2.97. The Morgan fingerprint density at radius 2 is 2.17 bits per heavy atom. The van der Waals surface area contributed by atoms with Crippen molar-refractivity contribution in [3.63, 3.8) is 0 Å². The summed E-state index contributed by atoms with van der Waals surface area (Å²) in [6, 6.07) is 0. The molecule has 1 fully saturated rings. The van der Waals surface area contributed by atoms with Gasteiger partial charge in [0.2, 0.25) is 0 Å². The molecule has 0 aromatic rings. The Morgan fingerprint density at radius 3 is 2.50 bits per heavy atom. The smallest absolute Gasteiger partial charge is 0.0919 e. The zero-order valence-corrected chi connectivity index (χ0v) is 7.97. The Balaban J connectivity index is 2.46. The Morgan fingerprint density at radius 1 is 1.58 bits per heavy atom. The van der Waals surface area contributed by atoms with Crippen LogP contribution in [0.2, 0.25) is 0 Å². The van der Waals surface area contributed by atoms with E-state index in [1.54, 1.807) is 0 Å². The molecule has 3 N–H and O–H groups in total.